The SMILES string of the molecule is Cn1cc([C@H](CC(=O)O)N2CCC(CCCC3=CC=C4CCCNC4N3)C2=O)cn1. The topological polar surface area (TPSA) is 99.5 Å². The van der Waals surface area contributed by atoms with Crippen LogP contribution in [-0.4, -0.2) is 50.9 Å². The summed E-state index contributed by atoms with van der Waals surface area (Å²) in [6, 6.07) is -0.447. The van der Waals surface area contributed by atoms with Crippen LogP contribution in [0.1, 0.15) is 56.6 Å². The second kappa shape index (κ2) is 9.04. The van der Waals surface area contributed by atoms with E-state index in [1.54, 1.807) is 29.0 Å². The molecule has 2 fully saturated rings. The number of aryl methyl sites for hydroxylation is 1. The second-order valence-corrected chi connectivity index (χ2v) is 8.54. The molecule has 0 aliphatic carbocycles. The van der Waals surface area contributed by atoms with E-state index >= 15 is 0 Å². The Morgan fingerprint density at radius 2 is 2.27 bits per heavy atom. The van der Waals surface area contributed by atoms with Crippen molar-refractivity contribution < 1.29 is 14.7 Å². The van der Waals surface area contributed by atoms with Gasteiger partial charge in [-0.25, -0.2) is 0 Å². The molecule has 3 aliphatic rings. The average Bonchev–Trinajstić information content (AvgIpc) is 3.32. The predicted octanol–water partition coefficient (Wildman–Crippen LogP) is 2.08. The van der Waals surface area contributed by atoms with E-state index in [0.717, 1.165) is 44.2 Å². The van der Waals surface area contributed by atoms with Gasteiger partial charge in [-0.1, -0.05) is 6.08 Å². The summed E-state index contributed by atoms with van der Waals surface area (Å²) < 4.78 is 1.65. The van der Waals surface area contributed by atoms with Crippen molar-refractivity contribution in [3.63, 3.8) is 0 Å². The van der Waals surface area contributed by atoms with Gasteiger partial charge < -0.3 is 15.3 Å². The van der Waals surface area contributed by atoms with E-state index in [0.29, 0.717) is 6.54 Å². The third-order valence-electron chi connectivity index (χ3n) is 6.39. The quantitative estimate of drug-likeness (QED) is 0.603. The third kappa shape index (κ3) is 4.59. The largest absolute Gasteiger partial charge is 0.481 e. The number of carboxylic acid groups (broad SMARTS) is 1. The van der Waals surface area contributed by atoms with Gasteiger partial charge in [0.05, 0.1) is 24.8 Å². The van der Waals surface area contributed by atoms with Crippen LogP contribution in [0, 0.1) is 5.92 Å². The van der Waals surface area contributed by atoms with Crippen LogP contribution < -0.4 is 10.6 Å². The van der Waals surface area contributed by atoms with Crippen LogP contribution in [0.25, 0.3) is 0 Å². The number of allylic oxidation sites excluding steroid dienone is 3. The number of hydrogen-bond acceptors (Lipinski definition) is 5. The highest BCUT2D eigenvalue weighted by molar-refractivity contribution is 5.82. The summed E-state index contributed by atoms with van der Waals surface area (Å²) in [5, 5.41) is 20.6. The van der Waals surface area contributed by atoms with Crippen molar-refractivity contribution in [2.75, 3.05) is 13.1 Å². The lowest BCUT2D eigenvalue weighted by Gasteiger charge is -2.32. The molecule has 3 aliphatic heterocycles. The van der Waals surface area contributed by atoms with E-state index in [1.165, 1.54) is 17.7 Å². The summed E-state index contributed by atoms with van der Waals surface area (Å²) in [7, 11) is 1.80. The first-order valence-electron chi connectivity index (χ1n) is 10.9. The zero-order valence-electron chi connectivity index (χ0n) is 17.5. The average molecular weight is 414 g/mol. The molecule has 4 rings (SSSR count). The van der Waals surface area contributed by atoms with Crippen LogP contribution in [0.15, 0.2) is 35.8 Å². The number of nitrogens with one attached hydrogen (secondary N) is 2. The van der Waals surface area contributed by atoms with E-state index < -0.39 is 12.0 Å². The van der Waals surface area contributed by atoms with Crippen molar-refractivity contribution in [2.24, 2.45) is 13.0 Å². The smallest absolute Gasteiger partial charge is 0.305 e. The fraction of sp³-hybridized carbons (Fsp3) is 0.591. The zero-order chi connectivity index (χ0) is 21.1. The van der Waals surface area contributed by atoms with Gasteiger partial charge in [0.25, 0.3) is 0 Å². The van der Waals surface area contributed by atoms with Crippen LogP contribution in [0.2, 0.25) is 0 Å². The van der Waals surface area contributed by atoms with Crippen LogP contribution >= 0.6 is 0 Å². The first kappa shape index (κ1) is 20.7. The molecule has 8 heteroatoms. The van der Waals surface area contributed by atoms with E-state index in [-0.39, 0.29) is 24.4 Å². The first-order valence-corrected chi connectivity index (χ1v) is 10.9. The minimum absolute atomic E-state index is 0.0268. The van der Waals surface area contributed by atoms with Crippen LogP contribution in [0.3, 0.4) is 0 Å². The van der Waals surface area contributed by atoms with E-state index in [4.69, 9.17) is 0 Å². The molecule has 0 saturated carbocycles. The molecule has 1 amide bonds. The molecule has 3 atom stereocenters. The van der Waals surface area contributed by atoms with E-state index in [1.807, 2.05) is 0 Å². The number of hydrogen-bond donors (Lipinski definition) is 3. The number of rotatable bonds is 8. The molecule has 0 bridgehead atoms. The number of carbonyl (C=O) groups excluding carboxylic acids is 1. The number of carboxylic acids is 1. The lowest BCUT2D eigenvalue weighted by Crippen LogP contribution is -2.47. The number of aliphatic carboxylic acids is 1. The molecule has 1 aromatic rings. The van der Waals surface area contributed by atoms with Gasteiger partial charge in [-0.15, -0.1) is 0 Å². The number of carbonyl (C=O) groups is 2. The Kier molecular flexibility index (Phi) is 6.22. The van der Waals surface area contributed by atoms with Gasteiger partial charge in [0.1, 0.15) is 0 Å². The molecule has 4 heterocycles. The summed E-state index contributed by atoms with van der Waals surface area (Å²) in [5.74, 6) is -0.855. The van der Waals surface area contributed by atoms with E-state index in [2.05, 4.69) is 27.9 Å². The Morgan fingerprint density at radius 3 is 3.03 bits per heavy atom. The summed E-state index contributed by atoms with van der Waals surface area (Å²) in [5.41, 5.74) is 3.43. The minimum atomic E-state index is -0.904. The first-order chi connectivity index (χ1) is 14.5. The van der Waals surface area contributed by atoms with Gasteiger partial charge in [-0.2, -0.15) is 5.10 Å². The summed E-state index contributed by atoms with van der Waals surface area (Å²) in [6.45, 7) is 1.65. The van der Waals surface area contributed by atoms with Gasteiger partial charge in [-0.3, -0.25) is 19.6 Å². The van der Waals surface area contributed by atoms with Crippen LogP contribution in [-0.2, 0) is 16.6 Å². The molecule has 3 N–H and O–H groups in total. The standard InChI is InChI=1S/C22H31N5O3/c1-26-14-17(13-24-26)19(12-20(28)29)27-11-9-16(22(27)30)4-2-6-18-8-7-15-5-3-10-23-21(15)25-18/h7-8,13-14,16,19,21,23,25H,2-6,9-12H2,1H3,(H,28,29)/t16?,19-,21?/m0/s1. The van der Waals surface area contributed by atoms with Crippen molar-refractivity contribution in [1.29, 1.82) is 0 Å². The molecule has 2 unspecified atom stereocenters. The summed E-state index contributed by atoms with van der Waals surface area (Å²) in [4.78, 5) is 26.2. The molecule has 162 valence electrons. The summed E-state index contributed by atoms with van der Waals surface area (Å²) in [6.07, 6.45) is 13.9. The van der Waals surface area contributed by atoms with Crippen LogP contribution in [0.4, 0.5) is 0 Å². The highest BCUT2D eigenvalue weighted by Crippen LogP contribution is 2.33. The van der Waals surface area contributed by atoms with Crippen molar-refractivity contribution >= 4 is 11.9 Å². The molecular formula is C22H31N5O3. The molecule has 2 saturated heterocycles. The number of piperidine rings is 1. The molecule has 8 nitrogen and oxygen atoms in total. The molecular weight excluding hydrogens is 382 g/mol. The summed E-state index contributed by atoms with van der Waals surface area (Å²) >= 11 is 0. The maximum Gasteiger partial charge on any atom is 0.305 e. The monoisotopic (exact) mass is 413 g/mol. The Hall–Kier alpha value is -2.61. The number of dihydropyridines is 1. The Labute approximate surface area is 177 Å². The fourth-order valence-corrected chi connectivity index (χ4v) is 4.80. The van der Waals surface area contributed by atoms with Gasteiger partial charge in [0.15, 0.2) is 0 Å². The molecule has 0 aromatic carbocycles. The highest BCUT2D eigenvalue weighted by Gasteiger charge is 2.37. The van der Waals surface area contributed by atoms with Gasteiger partial charge in [-0.05, 0) is 56.7 Å². The van der Waals surface area contributed by atoms with Crippen LogP contribution in [0.5, 0.6) is 0 Å². The predicted molar refractivity (Wildman–Crippen MR) is 112 cm³/mol. The Balaban J connectivity index is 1.32. The number of amides is 1. The number of likely N-dealkylation sites (tertiary alicyclic amines) is 1. The second-order valence-electron chi connectivity index (χ2n) is 8.54. The molecule has 0 radical (unpaired) electrons. The van der Waals surface area contributed by atoms with Gasteiger partial charge in [0.2, 0.25) is 5.91 Å². The third-order valence-corrected chi connectivity index (χ3v) is 6.39. The van der Waals surface area contributed by atoms with E-state index in [9.17, 15) is 14.7 Å². The van der Waals surface area contributed by atoms with Crippen molar-refractivity contribution in [3.8, 4) is 0 Å². The Bertz CT molecular complexity index is 859. The number of fused-ring (bicyclic) bond motifs is 1. The van der Waals surface area contributed by atoms with Gasteiger partial charge in [0, 0.05) is 37.0 Å². The molecule has 0 spiro atoms. The fourth-order valence-electron chi connectivity index (χ4n) is 4.80. The van der Waals surface area contributed by atoms with Crippen molar-refractivity contribution in [2.45, 2.75) is 57.2 Å². The van der Waals surface area contributed by atoms with Crippen molar-refractivity contribution in [3.05, 3.63) is 41.4 Å². The number of aromatic nitrogens is 2. The molecule has 30 heavy (non-hydrogen) atoms. The zero-order valence-corrected chi connectivity index (χ0v) is 17.5. The lowest BCUT2D eigenvalue weighted by molar-refractivity contribution is -0.140. The van der Waals surface area contributed by atoms with Crippen molar-refractivity contribution in [1.82, 2.24) is 25.3 Å². The highest BCUT2D eigenvalue weighted by atomic mass is 16.4. The Morgan fingerprint density at radius 1 is 1.40 bits per heavy atom. The normalized spacial score (nSPS) is 24.7. The minimum Gasteiger partial charge on any atom is -0.481 e. The maximum absolute atomic E-state index is 13.0. The van der Waals surface area contributed by atoms with Gasteiger partial charge >= 0.3 is 5.97 Å². The lowest BCUT2D eigenvalue weighted by atomic mass is 9.96. The molecule has 1 aromatic heterocycles. The maximum atomic E-state index is 13.0. The number of nitrogens with zero attached hydrogens (tertiary/aromatic N) is 3.